The van der Waals surface area contributed by atoms with Crippen LogP contribution >= 0.6 is 0 Å². The van der Waals surface area contributed by atoms with Crippen LogP contribution in [-0.2, 0) is 13.6 Å². The fourth-order valence-electron chi connectivity index (χ4n) is 1.99. The number of amides is 1. The first-order valence-electron chi connectivity index (χ1n) is 6.18. The van der Waals surface area contributed by atoms with E-state index in [9.17, 15) is 4.79 Å². The van der Waals surface area contributed by atoms with Gasteiger partial charge >= 0.3 is 0 Å². The quantitative estimate of drug-likeness (QED) is 0.758. The molecule has 3 aromatic rings. The number of para-hydroxylation sites is 1. The smallest absolute Gasteiger partial charge is 0.287 e. The fraction of sp³-hybridized carbons (Fsp3) is 0.143. The highest BCUT2D eigenvalue weighted by molar-refractivity contribution is 5.96. The lowest BCUT2D eigenvalue weighted by Gasteiger charge is -2.02. The average molecular weight is 270 g/mol. The first-order valence-corrected chi connectivity index (χ1v) is 6.18. The largest absolute Gasteiger partial charge is 0.451 e. The summed E-state index contributed by atoms with van der Waals surface area (Å²) in [6, 6.07) is 9.21. The Morgan fingerprint density at radius 2 is 2.25 bits per heavy atom. The van der Waals surface area contributed by atoms with Crippen molar-refractivity contribution in [3.63, 3.8) is 0 Å². The van der Waals surface area contributed by atoms with E-state index in [2.05, 4.69) is 10.4 Å². The Balaban J connectivity index is 1.74. The minimum atomic E-state index is -0.274. The van der Waals surface area contributed by atoms with Gasteiger partial charge in [-0.3, -0.25) is 9.48 Å². The Morgan fingerprint density at radius 3 is 2.95 bits per heavy atom. The van der Waals surface area contributed by atoms with Crippen molar-refractivity contribution >= 4 is 22.7 Å². The minimum absolute atomic E-state index is 0.274. The second-order valence-electron chi connectivity index (χ2n) is 4.51. The molecule has 0 radical (unpaired) electrons. The van der Waals surface area contributed by atoms with Gasteiger partial charge in [0.15, 0.2) is 5.76 Å². The van der Waals surface area contributed by atoms with Gasteiger partial charge in [0.05, 0.1) is 6.20 Å². The van der Waals surface area contributed by atoms with Crippen molar-refractivity contribution in [2.75, 3.05) is 5.73 Å². The second kappa shape index (κ2) is 4.73. The van der Waals surface area contributed by atoms with Crippen molar-refractivity contribution in [3.05, 3.63) is 47.9 Å². The zero-order chi connectivity index (χ0) is 14.1. The van der Waals surface area contributed by atoms with Crippen LogP contribution in [0, 0.1) is 0 Å². The third-order valence-electron chi connectivity index (χ3n) is 3.15. The van der Waals surface area contributed by atoms with Crippen molar-refractivity contribution in [2.45, 2.75) is 6.54 Å². The van der Waals surface area contributed by atoms with E-state index >= 15 is 0 Å². The lowest BCUT2D eigenvalue weighted by Crippen LogP contribution is -2.22. The molecule has 3 N–H and O–H groups in total. The molecule has 0 fully saturated rings. The normalized spacial score (nSPS) is 10.8. The maximum atomic E-state index is 12.0. The van der Waals surface area contributed by atoms with Gasteiger partial charge in [-0.2, -0.15) is 5.10 Å². The fourth-order valence-corrected chi connectivity index (χ4v) is 1.99. The second-order valence-corrected chi connectivity index (χ2v) is 4.51. The standard InChI is InChI=1S/C14H14N4O2/c1-18-13(15)10(8-17-18)7-16-14(19)12-6-9-4-2-3-5-11(9)20-12/h2-6,8H,7,15H2,1H3,(H,16,19). The molecule has 6 heteroatoms. The molecule has 3 rings (SSSR count). The molecule has 2 aromatic heterocycles. The van der Waals surface area contributed by atoms with Crippen molar-refractivity contribution in [2.24, 2.45) is 7.05 Å². The summed E-state index contributed by atoms with van der Waals surface area (Å²) < 4.78 is 7.05. The van der Waals surface area contributed by atoms with Crippen molar-refractivity contribution < 1.29 is 9.21 Å². The van der Waals surface area contributed by atoms with Gasteiger partial charge in [-0.15, -0.1) is 0 Å². The Kier molecular flexibility index (Phi) is 2.90. The molecule has 0 saturated heterocycles. The molecule has 0 aliphatic heterocycles. The summed E-state index contributed by atoms with van der Waals surface area (Å²) in [4.78, 5) is 12.0. The van der Waals surface area contributed by atoms with E-state index in [0.717, 1.165) is 10.9 Å². The number of fused-ring (bicyclic) bond motifs is 1. The Bertz CT molecular complexity index is 739. The first-order chi connectivity index (χ1) is 9.65. The molecule has 102 valence electrons. The zero-order valence-electron chi connectivity index (χ0n) is 11.0. The van der Waals surface area contributed by atoms with Crippen LogP contribution in [0.2, 0.25) is 0 Å². The molecular weight excluding hydrogens is 256 g/mol. The third-order valence-corrected chi connectivity index (χ3v) is 3.15. The van der Waals surface area contributed by atoms with Crippen LogP contribution < -0.4 is 11.1 Å². The highest BCUT2D eigenvalue weighted by Crippen LogP contribution is 2.18. The van der Waals surface area contributed by atoms with E-state index < -0.39 is 0 Å². The molecule has 1 amide bonds. The number of nitrogens with zero attached hydrogens (tertiary/aromatic N) is 2. The summed E-state index contributed by atoms with van der Waals surface area (Å²) in [6.45, 7) is 0.315. The predicted octanol–water partition coefficient (Wildman–Crippen LogP) is 1.68. The number of rotatable bonds is 3. The van der Waals surface area contributed by atoms with Crippen LogP contribution in [0.15, 0.2) is 40.9 Å². The molecule has 0 spiro atoms. The lowest BCUT2D eigenvalue weighted by atomic mass is 10.2. The number of carbonyl (C=O) groups excluding carboxylic acids is 1. The van der Waals surface area contributed by atoms with E-state index in [-0.39, 0.29) is 11.7 Å². The summed E-state index contributed by atoms with van der Waals surface area (Å²) in [6.07, 6.45) is 1.63. The van der Waals surface area contributed by atoms with Gasteiger partial charge in [-0.1, -0.05) is 18.2 Å². The molecule has 0 unspecified atom stereocenters. The van der Waals surface area contributed by atoms with Crippen LogP contribution in [-0.4, -0.2) is 15.7 Å². The monoisotopic (exact) mass is 270 g/mol. The van der Waals surface area contributed by atoms with Gasteiger partial charge < -0.3 is 15.5 Å². The number of anilines is 1. The third kappa shape index (κ3) is 2.11. The van der Waals surface area contributed by atoms with Crippen molar-refractivity contribution in [1.29, 1.82) is 0 Å². The van der Waals surface area contributed by atoms with Gasteiger partial charge in [0.25, 0.3) is 5.91 Å². The van der Waals surface area contributed by atoms with Gasteiger partial charge in [-0.25, -0.2) is 0 Å². The molecule has 0 aliphatic rings. The number of nitrogens with two attached hydrogens (primary N) is 1. The molecule has 0 bridgehead atoms. The number of furan rings is 1. The van der Waals surface area contributed by atoms with Gasteiger partial charge in [-0.05, 0) is 12.1 Å². The van der Waals surface area contributed by atoms with E-state index in [4.69, 9.17) is 10.2 Å². The first kappa shape index (κ1) is 12.3. The maximum absolute atomic E-state index is 12.0. The molecule has 0 aliphatic carbocycles. The summed E-state index contributed by atoms with van der Waals surface area (Å²) in [5.41, 5.74) is 7.28. The van der Waals surface area contributed by atoms with E-state index in [1.54, 1.807) is 24.0 Å². The van der Waals surface area contributed by atoms with Gasteiger partial charge in [0.2, 0.25) is 0 Å². The number of carbonyl (C=O) groups is 1. The van der Waals surface area contributed by atoms with Crippen LogP contribution in [0.4, 0.5) is 5.82 Å². The molecule has 0 atom stereocenters. The Labute approximate surface area is 115 Å². The Hall–Kier alpha value is -2.76. The number of hydrogen-bond acceptors (Lipinski definition) is 4. The minimum Gasteiger partial charge on any atom is -0.451 e. The summed E-state index contributed by atoms with van der Waals surface area (Å²) >= 11 is 0. The number of benzene rings is 1. The molecule has 6 nitrogen and oxygen atoms in total. The van der Waals surface area contributed by atoms with Crippen LogP contribution in [0.3, 0.4) is 0 Å². The summed E-state index contributed by atoms with van der Waals surface area (Å²) in [5.74, 6) is 0.549. The van der Waals surface area contributed by atoms with Crippen LogP contribution in [0.5, 0.6) is 0 Å². The molecule has 0 saturated carbocycles. The van der Waals surface area contributed by atoms with Crippen LogP contribution in [0.25, 0.3) is 11.0 Å². The number of nitrogen functional groups attached to an aromatic ring is 1. The lowest BCUT2D eigenvalue weighted by molar-refractivity contribution is 0.0925. The average Bonchev–Trinajstić information content (AvgIpc) is 3.02. The highest BCUT2D eigenvalue weighted by atomic mass is 16.3. The maximum Gasteiger partial charge on any atom is 0.287 e. The number of nitrogens with one attached hydrogen (secondary N) is 1. The Morgan fingerprint density at radius 1 is 1.45 bits per heavy atom. The summed E-state index contributed by atoms with van der Waals surface area (Å²) in [5, 5.41) is 7.68. The predicted molar refractivity (Wildman–Crippen MR) is 75.0 cm³/mol. The molecule has 2 heterocycles. The molecule has 1 aromatic carbocycles. The topological polar surface area (TPSA) is 86.1 Å². The van der Waals surface area contributed by atoms with E-state index in [1.165, 1.54) is 0 Å². The number of aryl methyl sites for hydroxylation is 1. The van der Waals surface area contributed by atoms with Crippen molar-refractivity contribution in [1.82, 2.24) is 15.1 Å². The molecule has 20 heavy (non-hydrogen) atoms. The molecular formula is C14H14N4O2. The van der Waals surface area contributed by atoms with Gasteiger partial charge in [0, 0.05) is 24.5 Å². The van der Waals surface area contributed by atoms with Gasteiger partial charge in [0.1, 0.15) is 11.4 Å². The number of aromatic nitrogens is 2. The van der Waals surface area contributed by atoms with Crippen molar-refractivity contribution in [3.8, 4) is 0 Å². The summed E-state index contributed by atoms with van der Waals surface area (Å²) in [7, 11) is 1.75. The zero-order valence-corrected chi connectivity index (χ0v) is 11.0. The van der Waals surface area contributed by atoms with E-state index in [1.807, 2.05) is 24.3 Å². The SMILES string of the molecule is Cn1ncc(CNC(=O)c2cc3ccccc3o2)c1N. The van der Waals surface area contributed by atoms with E-state index in [0.29, 0.717) is 17.9 Å². The highest BCUT2D eigenvalue weighted by Gasteiger charge is 2.13. The number of hydrogen-bond donors (Lipinski definition) is 2. The van der Waals surface area contributed by atoms with Crippen LogP contribution in [0.1, 0.15) is 16.1 Å².